The molecule has 0 saturated heterocycles. The fraction of sp³-hybridized carbons (Fsp3) is 0.606. The normalized spacial score (nSPS) is 17.2. The number of hydrogen-bond donors (Lipinski definition) is 0. The smallest absolute Gasteiger partial charge is 0.343 e. The van der Waals surface area contributed by atoms with E-state index in [9.17, 15) is 9.18 Å². The predicted molar refractivity (Wildman–Crippen MR) is 152 cm³/mol. The summed E-state index contributed by atoms with van der Waals surface area (Å²) < 4.78 is 31.2. The van der Waals surface area contributed by atoms with E-state index >= 15 is 0 Å². The molecule has 2 aromatic rings. The van der Waals surface area contributed by atoms with Gasteiger partial charge in [-0.1, -0.05) is 84.5 Å². The van der Waals surface area contributed by atoms with Crippen molar-refractivity contribution in [1.82, 2.24) is 0 Å². The summed E-state index contributed by atoms with van der Waals surface area (Å²) in [6.45, 7) is 5.58. The Morgan fingerprint density at radius 2 is 1.34 bits per heavy atom. The molecule has 38 heavy (non-hydrogen) atoms. The van der Waals surface area contributed by atoms with E-state index < -0.39 is 11.8 Å². The molecule has 1 aliphatic rings. The number of carbonyl (C=O) groups excluding carboxylic acids is 1. The molecule has 0 aliphatic heterocycles. The summed E-state index contributed by atoms with van der Waals surface area (Å²) in [5.41, 5.74) is 0.149. The van der Waals surface area contributed by atoms with Crippen molar-refractivity contribution in [3.05, 3.63) is 53.8 Å². The van der Waals surface area contributed by atoms with Crippen LogP contribution in [0.4, 0.5) is 4.39 Å². The van der Waals surface area contributed by atoms with Crippen molar-refractivity contribution in [3.63, 3.8) is 0 Å². The number of benzene rings is 2. The third kappa shape index (κ3) is 10.7. The van der Waals surface area contributed by atoms with Gasteiger partial charge < -0.3 is 14.2 Å². The summed E-state index contributed by atoms with van der Waals surface area (Å²) in [5, 5.41) is 0. The van der Waals surface area contributed by atoms with Crippen LogP contribution in [0, 0.1) is 17.7 Å². The van der Waals surface area contributed by atoms with Gasteiger partial charge in [0.2, 0.25) is 0 Å². The number of halogens is 1. The Kier molecular flexibility index (Phi) is 13.5. The molecule has 0 heterocycles. The van der Waals surface area contributed by atoms with Crippen LogP contribution in [0.1, 0.15) is 114 Å². The van der Waals surface area contributed by atoms with Crippen molar-refractivity contribution < 1.29 is 23.4 Å². The summed E-state index contributed by atoms with van der Waals surface area (Å²) in [6, 6.07) is 11.2. The van der Waals surface area contributed by atoms with Crippen molar-refractivity contribution in [3.8, 4) is 17.2 Å². The summed E-state index contributed by atoms with van der Waals surface area (Å²) in [4.78, 5) is 12.5. The van der Waals surface area contributed by atoms with E-state index in [2.05, 4.69) is 13.8 Å². The number of ether oxygens (including phenoxy) is 3. The molecule has 0 spiro atoms. The zero-order valence-corrected chi connectivity index (χ0v) is 23.5. The quantitative estimate of drug-likeness (QED) is 0.117. The zero-order valence-electron chi connectivity index (χ0n) is 23.5. The maximum atomic E-state index is 14.4. The molecular weight excluding hydrogens is 479 g/mol. The summed E-state index contributed by atoms with van der Waals surface area (Å²) >= 11 is 0. The Labute approximate surface area is 229 Å². The number of rotatable bonds is 17. The highest BCUT2D eigenvalue weighted by atomic mass is 19.1. The van der Waals surface area contributed by atoms with Gasteiger partial charge in [-0.25, -0.2) is 9.18 Å². The second kappa shape index (κ2) is 17.1. The second-order valence-electron chi connectivity index (χ2n) is 10.8. The van der Waals surface area contributed by atoms with Gasteiger partial charge >= 0.3 is 5.97 Å². The Morgan fingerprint density at radius 3 is 2.00 bits per heavy atom. The van der Waals surface area contributed by atoms with Gasteiger partial charge in [-0.3, -0.25) is 0 Å². The molecule has 1 saturated carbocycles. The van der Waals surface area contributed by atoms with Crippen LogP contribution >= 0.6 is 0 Å². The van der Waals surface area contributed by atoms with Crippen molar-refractivity contribution in [2.24, 2.45) is 11.8 Å². The average molecular weight is 527 g/mol. The van der Waals surface area contributed by atoms with E-state index in [1.807, 2.05) is 0 Å². The Bertz CT molecular complexity index is 935. The van der Waals surface area contributed by atoms with Gasteiger partial charge in [0.05, 0.1) is 18.8 Å². The highest BCUT2D eigenvalue weighted by molar-refractivity contribution is 5.91. The van der Waals surface area contributed by atoms with Gasteiger partial charge in [0.25, 0.3) is 0 Å². The van der Waals surface area contributed by atoms with Crippen LogP contribution in [0.3, 0.4) is 0 Å². The minimum Gasteiger partial charge on any atom is -0.494 e. The molecular formula is C33H47FO4. The summed E-state index contributed by atoms with van der Waals surface area (Å²) in [5.74, 6) is 1.96. The Morgan fingerprint density at radius 1 is 0.737 bits per heavy atom. The molecule has 1 fully saturated rings. The lowest BCUT2D eigenvalue weighted by Crippen LogP contribution is -2.15. The highest BCUT2D eigenvalue weighted by Crippen LogP contribution is 2.34. The van der Waals surface area contributed by atoms with Crippen LogP contribution in [0.25, 0.3) is 0 Å². The lowest BCUT2D eigenvalue weighted by Gasteiger charge is -2.28. The maximum Gasteiger partial charge on any atom is 0.343 e. The van der Waals surface area contributed by atoms with E-state index in [0.29, 0.717) is 19.0 Å². The first kappa shape index (κ1) is 30.0. The lowest BCUT2D eigenvalue weighted by atomic mass is 9.78. The van der Waals surface area contributed by atoms with Gasteiger partial charge in [0, 0.05) is 0 Å². The third-order valence-electron chi connectivity index (χ3n) is 7.67. The van der Waals surface area contributed by atoms with Crippen LogP contribution in [0.5, 0.6) is 17.2 Å². The van der Waals surface area contributed by atoms with Crippen molar-refractivity contribution in [2.45, 2.75) is 104 Å². The van der Waals surface area contributed by atoms with Crippen molar-refractivity contribution >= 4 is 5.97 Å². The van der Waals surface area contributed by atoms with E-state index in [0.717, 1.165) is 49.7 Å². The predicted octanol–water partition coefficient (Wildman–Crippen LogP) is 9.55. The second-order valence-corrected chi connectivity index (χ2v) is 10.8. The van der Waals surface area contributed by atoms with E-state index in [1.54, 1.807) is 24.3 Å². The number of unbranched alkanes of at least 4 members (excludes halogenated alkanes) is 5. The molecule has 0 radical (unpaired) electrons. The molecule has 3 rings (SSSR count). The van der Waals surface area contributed by atoms with Crippen molar-refractivity contribution in [1.29, 1.82) is 0 Å². The molecule has 2 aromatic carbocycles. The highest BCUT2D eigenvalue weighted by Gasteiger charge is 2.20. The monoisotopic (exact) mass is 526 g/mol. The van der Waals surface area contributed by atoms with E-state index in [4.69, 9.17) is 14.2 Å². The fourth-order valence-corrected chi connectivity index (χ4v) is 5.28. The van der Waals surface area contributed by atoms with Crippen LogP contribution < -0.4 is 14.2 Å². The molecule has 0 bridgehead atoms. The molecule has 0 amide bonds. The SMILES string of the molecule is CCCCCCOc1ccc(C(=O)Oc2ccc(OCCC[C@H]3CC[C@H](CCCCC)CC3)cc2)cc1F. The van der Waals surface area contributed by atoms with Gasteiger partial charge in [-0.2, -0.15) is 0 Å². The summed E-state index contributed by atoms with van der Waals surface area (Å²) in [6.07, 6.45) is 17.6. The van der Waals surface area contributed by atoms with Gasteiger partial charge in [-0.05, 0) is 73.6 Å². The van der Waals surface area contributed by atoms with Crippen LogP contribution in [0.15, 0.2) is 42.5 Å². The van der Waals surface area contributed by atoms with E-state index in [1.165, 1.54) is 76.0 Å². The molecule has 1 aliphatic carbocycles. The Balaban J connectivity index is 1.33. The fourth-order valence-electron chi connectivity index (χ4n) is 5.28. The number of esters is 1. The molecule has 0 unspecified atom stereocenters. The molecule has 4 nitrogen and oxygen atoms in total. The largest absolute Gasteiger partial charge is 0.494 e. The van der Waals surface area contributed by atoms with Crippen molar-refractivity contribution in [2.75, 3.05) is 13.2 Å². The number of hydrogen-bond acceptors (Lipinski definition) is 4. The topological polar surface area (TPSA) is 44.8 Å². The van der Waals surface area contributed by atoms with Gasteiger partial charge in [-0.15, -0.1) is 0 Å². The molecule has 5 heteroatoms. The zero-order chi connectivity index (χ0) is 27.0. The molecule has 210 valence electrons. The average Bonchev–Trinajstić information content (AvgIpc) is 2.93. The van der Waals surface area contributed by atoms with E-state index in [-0.39, 0.29) is 11.3 Å². The molecule has 0 atom stereocenters. The van der Waals surface area contributed by atoms with Crippen LogP contribution in [0.2, 0.25) is 0 Å². The standard InChI is InChI=1S/C33H47FO4/c1-3-5-7-9-23-37-32-22-17-28(25-31(32)34)33(35)38-30-20-18-29(19-21-30)36-24-10-12-27-15-13-26(14-16-27)11-8-6-4-2/h17-22,25-27H,3-16,23-24H2,1-2H3/t26-,27-. The Hall–Kier alpha value is -2.56. The first-order chi connectivity index (χ1) is 18.6. The number of carbonyl (C=O) groups is 1. The third-order valence-corrected chi connectivity index (χ3v) is 7.67. The maximum absolute atomic E-state index is 14.4. The van der Waals surface area contributed by atoms with Gasteiger partial charge in [0.15, 0.2) is 11.6 Å². The lowest BCUT2D eigenvalue weighted by molar-refractivity contribution is 0.0734. The first-order valence-electron chi connectivity index (χ1n) is 15.0. The van der Waals surface area contributed by atoms with Crippen LogP contribution in [-0.2, 0) is 0 Å². The van der Waals surface area contributed by atoms with Crippen LogP contribution in [-0.4, -0.2) is 19.2 Å². The summed E-state index contributed by atoms with van der Waals surface area (Å²) in [7, 11) is 0. The molecule has 0 aromatic heterocycles. The minimum absolute atomic E-state index is 0.149. The first-order valence-corrected chi connectivity index (χ1v) is 15.0. The molecule has 0 N–H and O–H groups in total. The minimum atomic E-state index is -0.604. The van der Waals surface area contributed by atoms with Gasteiger partial charge in [0.1, 0.15) is 11.5 Å².